The average molecular weight is 479 g/mol. The molecular weight excluding hydrogens is 454 g/mol. The van der Waals surface area contributed by atoms with Crippen LogP contribution in [0.4, 0.5) is 22.4 Å². The molecule has 2 saturated heterocycles. The van der Waals surface area contributed by atoms with Gasteiger partial charge in [-0.25, -0.2) is 18.9 Å². The molecule has 2 aromatic rings. The van der Waals surface area contributed by atoms with Crippen LogP contribution in [0.5, 0.6) is 0 Å². The molecule has 1 aromatic carbocycles. The molecular formula is C23H25F4N5O2. The van der Waals surface area contributed by atoms with E-state index < -0.39 is 17.6 Å². The monoisotopic (exact) mass is 479 g/mol. The first-order valence-electron chi connectivity index (χ1n) is 11.6. The highest BCUT2D eigenvalue weighted by Gasteiger charge is 2.55. The van der Waals surface area contributed by atoms with Crippen LogP contribution in [0.2, 0.25) is 0 Å². The smallest absolute Gasteiger partial charge is 0.370 e. The van der Waals surface area contributed by atoms with Gasteiger partial charge in [0.05, 0.1) is 37.4 Å². The fraction of sp³-hybridized carbons (Fsp3) is 0.609. The van der Waals surface area contributed by atoms with E-state index in [0.717, 1.165) is 43.9 Å². The maximum atomic E-state index is 13.2. The molecule has 2 aliphatic carbocycles. The summed E-state index contributed by atoms with van der Waals surface area (Å²) in [5, 5.41) is 4.62. The highest BCUT2D eigenvalue weighted by atomic mass is 19.4. The number of nitrogens with zero attached hydrogens (tertiary/aromatic N) is 5. The lowest BCUT2D eigenvalue weighted by Crippen LogP contribution is -2.68. The van der Waals surface area contributed by atoms with Crippen molar-refractivity contribution >= 4 is 6.03 Å². The van der Waals surface area contributed by atoms with Crippen molar-refractivity contribution in [1.82, 2.24) is 24.6 Å². The summed E-state index contributed by atoms with van der Waals surface area (Å²) in [6, 6.07) is 2.87. The zero-order chi connectivity index (χ0) is 23.7. The molecule has 6 rings (SSSR count). The van der Waals surface area contributed by atoms with E-state index in [1.807, 2.05) is 15.9 Å². The van der Waals surface area contributed by atoms with Crippen LogP contribution in [0.3, 0.4) is 0 Å². The molecule has 4 fully saturated rings. The summed E-state index contributed by atoms with van der Waals surface area (Å²) >= 11 is 0. The molecule has 2 saturated carbocycles. The number of rotatable bonds is 5. The number of amides is 2. The molecule has 34 heavy (non-hydrogen) atoms. The Morgan fingerprint density at radius 3 is 2.56 bits per heavy atom. The largest absolute Gasteiger partial charge is 0.416 e. The van der Waals surface area contributed by atoms with Gasteiger partial charge in [-0.1, -0.05) is 6.07 Å². The third kappa shape index (κ3) is 3.93. The lowest BCUT2D eigenvalue weighted by atomic mass is 9.61. The van der Waals surface area contributed by atoms with Gasteiger partial charge >= 0.3 is 12.2 Å². The molecule has 3 heterocycles. The third-order valence-electron chi connectivity index (χ3n) is 7.47. The Balaban J connectivity index is 0.941. The van der Waals surface area contributed by atoms with E-state index in [1.165, 1.54) is 12.8 Å². The number of urea groups is 1. The van der Waals surface area contributed by atoms with E-state index in [-0.39, 0.29) is 29.7 Å². The molecule has 7 nitrogen and oxygen atoms in total. The number of likely N-dealkylation sites (tertiary alicyclic amines) is 2. The Morgan fingerprint density at radius 1 is 1.15 bits per heavy atom. The van der Waals surface area contributed by atoms with E-state index in [2.05, 4.69) is 10.1 Å². The van der Waals surface area contributed by atoms with Gasteiger partial charge in [0.2, 0.25) is 0 Å². The first kappa shape index (κ1) is 21.8. The SMILES string of the molecule is O=C(N1CC(OCc2ccc(F)cc2C(F)(F)F)C1)N1CC2(CC(n3cnc(C4CC4)n3)C2)C1. The maximum absolute atomic E-state index is 13.2. The number of hydrogen-bond acceptors (Lipinski definition) is 4. The molecule has 0 atom stereocenters. The van der Waals surface area contributed by atoms with Crippen molar-refractivity contribution in [2.45, 2.75) is 56.5 Å². The molecule has 1 aromatic heterocycles. The van der Waals surface area contributed by atoms with Crippen molar-refractivity contribution in [1.29, 1.82) is 0 Å². The topological polar surface area (TPSA) is 63.5 Å². The molecule has 0 N–H and O–H groups in total. The number of alkyl halides is 3. The van der Waals surface area contributed by atoms with Gasteiger partial charge in [-0.3, -0.25) is 0 Å². The van der Waals surface area contributed by atoms with Crippen LogP contribution in [-0.2, 0) is 17.5 Å². The Bertz CT molecular complexity index is 1100. The minimum Gasteiger partial charge on any atom is -0.370 e. The highest BCUT2D eigenvalue weighted by Crippen LogP contribution is 2.54. The molecule has 1 spiro atoms. The molecule has 11 heteroatoms. The number of carbonyl (C=O) groups is 1. The number of aromatic nitrogens is 3. The van der Waals surface area contributed by atoms with Crippen LogP contribution in [0.1, 0.15) is 54.6 Å². The second-order valence-corrected chi connectivity index (χ2v) is 10.2. The fourth-order valence-corrected chi connectivity index (χ4v) is 5.32. The molecule has 182 valence electrons. The summed E-state index contributed by atoms with van der Waals surface area (Å²) in [6.07, 6.45) is 1.20. The summed E-state index contributed by atoms with van der Waals surface area (Å²) in [5.74, 6) is 0.555. The van der Waals surface area contributed by atoms with Crippen molar-refractivity contribution < 1.29 is 27.1 Å². The van der Waals surface area contributed by atoms with Crippen LogP contribution in [0.25, 0.3) is 0 Å². The van der Waals surface area contributed by atoms with Gasteiger partial charge in [0.25, 0.3) is 0 Å². The lowest BCUT2D eigenvalue weighted by Gasteiger charge is -2.59. The van der Waals surface area contributed by atoms with Gasteiger partial charge < -0.3 is 14.5 Å². The highest BCUT2D eigenvalue weighted by molar-refractivity contribution is 5.76. The van der Waals surface area contributed by atoms with Gasteiger partial charge in [0.15, 0.2) is 5.82 Å². The molecule has 2 amide bonds. The minimum atomic E-state index is -4.65. The Labute approximate surface area is 193 Å². The van der Waals surface area contributed by atoms with Crippen molar-refractivity contribution in [3.05, 3.63) is 47.3 Å². The van der Waals surface area contributed by atoms with Crippen LogP contribution in [0, 0.1) is 11.2 Å². The quantitative estimate of drug-likeness (QED) is 0.609. The first-order chi connectivity index (χ1) is 16.2. The molecule has 4 aliphatic rings. The van der Waals surface area contributed by atoms with Crippen LogP contribution in [0.15, 0.2) is 24.5 Å². The Kier molecular flexibility index (Phi) is 4.91. The summed E-state index contributed by atoms with van der Waals surface area (Å²) in [4.78, 5) is 20.6. The summed E-state index contributed by atoms with van der Waals surface area (Å²) in [6.45, 7) is 1.85. The minimum absolute atomic E-state index is 0.0523. The van der Waals surface area contributed by atoms with E-state index in [4.69, 9.17) is 4.74 Å². The van der Waals surface area contributed by atoms with Gasteiger partial charge in [0, 0.05) is 24.4 Å². The van der Waals surface area contributed by atoms with E-state index >= 15 is 0 Å². The standard InChI is InChI=1S/C23H25F4N5O2/c24-16-4-3-15(19(5-16)23(25,26)27)10-34-18-8-30(9-18)21(33)31-11-22(12-31)6-17(7-22)32-13-28-20(29-32)14-1-2-14/h3-5,13-14,17-18H,1-2,6-12H2. The van der Waals surface area contributed by atoms with Crippen molar-refractivity contribution in [2.75, 3.05) is 26.2 Å². The van der Waals surface area contributed by atoms with Crippen molar-refractivity contribution in [3.63, 3.8) is 0 Å². The van der Waals surface area contributed by atoms with Crippen LogP contribution in [-0.4, -0.2) is 62.9 Å². The molecule has 0 bridgehead atoms. The van der Waals surface area contributed by atoms with Gasteiger partial charge in [0.1, 0.15) is 12.1 Å². The predicted octanol–water partition coefficient (Wildman–Crippen LogP) is 3.97. The molecule has 2 aliphatic heterocycles. The summed E-state index contributed by atoms with van der Waals surface area (Å²) < 4.78 is 60.1. The van der Waals surface area contributed by atoms with Crippen LogP contribution < -0.4 is 0 Å². The van der Waals surface area contributed by atoms with Gasteiger partial charge in [-0.15, -0.1) is 0 Å². The lowest BCUT2D eigenvalue weighted by molar-refractivity contribution is -0.140. The Hall–Kier alpha value is -2.69. The summed E-state index contributed by atoms with van der Waals surface area (Å²) in [5.41, 5.74) is -0.970. The van der Waals surface area contributed by atoms with E-state index in [9.17, 15) is 22.4 Å². The molecule has 0 radical (unpaired) electrons. The van der Waals surface area contributed by atoms with E-state index in [1.54, 1.807) is 4.90 Å². The third-order valence-corrected chi connectivity index (χ3v) is 7.47. The van der Waals surface area contributed by atoms with Crippen molar-refractivity contribution in [2.24, 2.45) is 5.41 Å². The zero-order valence-electron chi connectivity index (χ0n) is 18.5. The number of halogens is 4. The number of ether oxygens (including phenoxy) is 1. The van der Waals surface area contributed by atoms with Gasteiger partial charge in [-0.05, 0) is 43.4 Å². The Morgan fingerprint density at radius 2 is 1.88 bits per heavy atom. The fourth-order valence-electron chi connectivity index (χ4n) is 5.32. The zero-order valence-corrected chi connectivity index (χ0v) is 18.5. The van der Waals surface area contributed by atoms with Gasteiger partial charge in [-0.2, -0.15) is 18.3 Å². The van der Waals surface area contributed by atoms with E-state index in [0.29, 0.717) is 31.1 Å². The number of benzene rings is 1. The number of hydrogen-bond donors (Lipinski definition) is 0. The second-order valence-electron chi connectivity index (χ2n) is 10.2. The second kappa shape index (κ2) is 7.66. The van der Waals surface area contributed by atoms with Crippen LogP contribution >= 0.6 is 0 Å². The maximum Gasteiger partial charge on any atom is 0.416 e. The number of carbonyl (C=O) groups excluding carboxylic acids is 1. The normalized spacial score (nSPS) is 22.5. The predicted molar refractivity (Wildman–Crippen MR) is 111 cm³/mol. The first-order valence-corrected chi connectivity index (χ1v) is 11.6. The summed E-state index contributed by atoms with van der Waals surface area (Å²) in [7, 11) is 0. The molecule has 0 unspecified atom stereocenters. The van der Waals surface area contributed by atoms with Crippen molar-refractivity contribution in [3.8, 4) is 0 Å². The average Bonchev–Trinajstić information content (AvgIpc) is 3.43.